The van der Waals surface area contributed by atoms with Crippen LogP contribution in [0.1, 0.15) is 5.56 Å². The van der Waals surface area contributed by atoms with Crippen molar-refractivity contribution in [1.29, 1.82) is 0 Å². The molecule has 35 heavy (non-hydrogen) atoms. The average Bonchev–Trinajstić information content (AvgIpc) is 2.84. The molecule has 0 fully saturated rings. The molecule has 9 heteroatoms. The van der Waals surface area contributed by atoms with Gasteiger partial charge in [0.1, 0.15) is 17.2 Å². The van der Waals surface area contributed by atoms with Crippen molar-refractivity contribution in [2.24, 2.45) is 0 Å². The Kier molecular flexibility index (Phi) is 6.40. The second-order valence-electron chi connectivity index (χ2n) is 7.87. The van der Waals surface area contributed by atoms with Gasteiger partial charge in [-0.1, -0.05) is 51.3 Å². The van der Waals surface area contributed by atoms with Crippen LogP contribution >= 0.6 is 39.1 Å². The predicted molar refractivity (Wildman–Crippen MR) is 142 cm³/mol. The molecule has 0 aliphatic rings. The normalized spacial score (nSPS) is 11.3. The Morgan fingerprint density at radius 1 is 1.03 bits per heavy atom. The summed E-state index contributed by atoms with van der Waals surface area (Å²) in [7, 11) is 1.60. The van der Waals surface area contributed by atoms with E-state index in [1.165, 1.54) is 4.57 Å². The first-order valence-corrected chi connectivity index (χ1v) is 12.2. The smallest absolute Gasteiger partial charge is 0.269 e. The van der Waals surface area contributed by atoms with E-state index in [0.29, 0.717) is 37.5 Å². The summed E-state index contributed by atoms with van der Waals surface area (Å²) in [6.07, 6.45) is 0.514. The number of methoxy groups -OCH3 is 1. The summed E-state index contributed by atoms with van der Waals surface area (Å²) in [5, 5.41) is 0.965. The third-order valence-corrected chi connectivity index (χ3v) is 6.75. The van der Waals surface area contributed by atoms with Gasteiger partial charge in [0.15, 0.2) is 5.39 Å². The van der Waals surface area contributed by atoms with Gasteiger partial charge >= 0.3 is 0 Å². The van der Waals surface area contributed by atoms with Crippen LogP contribution < -0.4 is 15.7 Å². The van der Waals surface area contributed by atoms with E-state index in [4.69, 9.17) is 32.4 Å². The Morgan fingerprint density at radius 2 is 1.80 bits per heavy atom. The fourth-order valence-corrected chi connectivity index (χ4v) is 4.78. The van der Waals surface area contributed by atoms with Crippen molar-refractivity contribution in [3.05, 3.63) is 101 Å². The highest BCUT2D eigenvalue weighted by Gasteiger charge is 2.20. The van der Waals surface area contributed by atoms with Crippen LogP contribution in [0.5, 0.6) is 5.75 Å². The molecule has 2 aromatic heterocycles. The number of hydrogen-bond acceptors (Lipinski definition) is 5. The number of halogens is 3. The highest BCUT2D eigenvalue weighted by Crippen LogP contribution is 2.30. The molecule has 0 bridgehead atoms. The zero-order valence-corrected chi connectivity index (χ0v) is 21.4. The molecule has 5 aromatic rings. The van der Waals surface area contributed by atoms with Crippen molar-refractivity contribution in [3.63, 3.8) is 0 Å². The lowest BCUT2D eigenvalue weighted by molar-refractivity contribution is 0.414. The zero-order chi connectivity index (χ0) is 24.7. The van der Waals surface area contributed by atoms with Crippen molar-refractivity contribution in [2.75, 3.05) is 7.11 Å². The maximum Gasteiger partial charge on any atom is 0.269 e. The van der Waals surface area contributed by atoms with Gasteiger partial charge in [-0.25, -0.2) is 0 Å². The Balaban J connectivity index is 1.74. The van der Waals surface area contributed by atoms with Crippen molar-refractivity contribution >= 4 is 61.2 Å². The van der Waals surface area contributed by atoms with Gasteiger partial charge in [-0.3, -0.25) is 14.2 Å². The van der Waals surface area contributed by atoms with Gasteiger partial charge in [0.2, 0.25) is 11.1 Å². The number of rotatable bonds is 5. The Morgan fingerprint density at radius 3 is 2.51 bits per heavy atom. The molecular formula is C26H17BrCl2N2O4. The standard InChI is InChI=1S/C26H17BrCl2N2O4/c1-34-17-6-2-14(3-7-17)10-11-31-24(18-8-5-16(28)13-20(18)29)30-25-22(26(31)33)23(32)19-12-15(27)4-9-21(19)35-25/h2-9,12-13H,10-11H2,1H3. The first-order chi connectivity index (χ1) is 16.9. The van der Waals surface area contributed by atoms with E-state index in [-0.39, 0.29) is 23.5 Å². The molecule has 0 unspecified atom stereocenters. The molecule has 2 heterocycles. The molecule has 0 amide bonds. The van der Waals surface area contributed by atoms with E-state index in [1.54, 1.807) is 43.5 Å². The van der Waals surface area contributed by atoms with Crippen LogP contribution in [0.4, 0.5) is 0 Å². The quantitative estimate of drug-likeness (QED) is 0.225. The van der Waals surface area contributed by atoms with E-state index >= 15 is 0 Å². The molecule has 3 aromatic carbocycles. The lowest BCUT2D eigenvalue weighted by Crippen LogP contribution is -2.28. The predicted octanol–water partition coefficient (Wildman–Crippen LogP) is 6.49. The number of hydrogen-bond donors (Lipinski definition) is 0. The number of benzene rings is 3. The van der Waals surface area contributed by atoms with E-state index in [2.05, 4.69) is 20.9 Å². The van der Waals surface area contributed by atoms with Crippen LogP contribution in [-0.4, -0.2) is 16.7 Å². The van der Waals surface area contributed by atoms with Crippen molar-refractivity contribution < 1.29 is 9.15 Å². The molecule has 0 N–H and O–H groups in total. The second-order valence-corrected chi connectivity index (χ2v) is 9.63. The molecular weight excluding hydrogens is 555 g/mol. The highest BCUT2D eigenvalue weighted by molar-refractivity contribution is 9.10. The Labute approximate surface area is 217 Å². The van der Waals surface area contributed by atoms with Gasteiger partial charge < -0.3 is 9.15 Å². The summed E-state index contributed by atoms with van der Waals surface area (Å²) in [5.41, 5.74) is 0.842. The Hall–Kier alpha value is -3.13. The van der Waals surface area contributed by atoms with Crippen LogP contribution in [0.3, 0.4) is 0 Å². The monoisotopic (exact) mass is 570 g/mol. The van der Waals surface area contributed by atoms with Crippen molar-refractivity contribution in [1.82, 2.24) is 9.55 Å². The SMILES string of the molecule is COc1ccc(CCn2c(-c3ccc(Cl)cc3Cl)nc3oc4ccc(Br)cc4c(=O)c3c2=O)cc1. The number of fused-ring (bicyclic) bond motifs is 2. The summed E-state index contributed by atoms with van der Waals surface area (Å²) in [4.78, 5) is 31.7. The van der Waals surface area contributed by atoms with Gasteiger partial charge in [-0.15, -0.1) is 0 Å². The fourth-order valence-electron chi connectivity index (χ4n) is 3.93. The third kappa shape index (κ3) is 4.47. The van der Waals surface area contributed by atoms with E-state index in [0.717, 1.165) is 11.3 Å². The van der Waals surface area contributed by atoms with Gasteiger partial charge in [-0.2, -0.15) is 4.98 Å². The van der Waals surface area contributed by atoms with Crippen LogP contribution in [0.25, 0.3) is 33.5 Å². The maximum absolute atomic E-state index is 13.7. The molecule has 0 saturated carbocycles. The first-order valence-electron chi connectivity index (χ1n) is 10.6. The average molecular weight is 572 g/mol. The summed E-state index contributed by atoms with van der Waals surface area (Å²) in [6, 6.07) is 17.5. The molecule has 0 spiro atoms. The van der Waals surface area contributed by atoms with Crippen LogP contribution in [0.2, 0.25) is 10.0 Å². The molecule has 0 aliphatic carbocycles. The van der Waals surface area contributed by atoms with Gasteiger partial charge in [-0.05, 0) is 60.5 Å². The summed E-state index contributed by atoms with van der Waals surface area (Å²) < 4.78 is 13.3. The Bertz CT molecular complexity index is 1710. The lowest BCUT2D eigenvalue weighted by Gasteiger charge is -2.15. The van der Waals surface area contributed by atoms with Crippen molar-refractivity contribution in [3.8, 4) is 17.1 Å². The van der Waals surface area contributed by atoms with Gasteiger partial charge in [0, 0.05) is 21.6 Å². The molecule has 176 valence electrons. The van der Waals surface area contributed by atoms with Crippen molar-refractivity contribution in [2.45, 2.75) is 13.0 Å². The van der Waals surface area contributed by atoms with Gasteiger partial charge in [0.05, 0.1) is 17.5 Å². The number of ether oxygens (including phenoxy) is 1. The minimum atomic E-state index is -0.500. The molecule has 6 nitrogen and oxygen atoms in total. The minimum absolute atomic E-state index is 0.0449. The summed E-state index contributed by atoms with van der Waals surface area (Å²) >= 11 is 15.9. The van der Waals surface area contributed by atoms with E-state index in [1.807, 2.05) is 24.3 Å². The van der Waals surface area contributed by atoms with Crippen LogP contribution in [0, 0.1) is 0 Å². The molecule has 0 radical (unpaired) electrons. The number of aryl methyl sites for hydroxylation is 1. The van der Waals surface area contributed by atoms with E-state index in [9.17, 15) is 9.59 Å². The highest BCUT2D eigenvalue weighted by atomic mass is 79.9. The first kappa shape index (κ1) is 23.6. The third-order valence-electron chi connectivity index (χ3n) is 5.71. The number of aromatic nitrogens is 2. The molecule has 0 atom stereocenters. The molecule has 0 aliphatic heterocycles. The second kappa shape index (κ2) is 9.49. The molecule has 0 saturated heterocycles. The largest absolute Gasteiger partial charge is 0.497 e. The van der Waals surface area contributed by atoms with Gasteiger partial charge in [0.25, 0.3) is 5.56 Å². The topological polar surface area (TPSA) is 74.3 Å². The summed E-state index contributed by atoms with van der Waals surface area (Å²) in [5.74, 6) is 1.03. The fraction of sp³-hybridized carbons (Fsp3) is 0.115. The van der Waals surface area contributed by atoms with Crippen LogP contribution in [-0.2, 0) is 13.0 Å². The minimum Gasteiger partial charge on any atom is -0.497 e. The van der Waals surface area contributed by atoms with Crippen LogP contribution in [0.15, 0.2) is 79.1 Å². The molecule has 5 rings (SSSR count). The maximum atomic E-state index is 13.7. The lowest BCUT2D eigenvalue weighted by atomic mass is 10.1. The zero-order valence-electron chi connectivity index (χ0n) is 18.3. The number of nitrogens with zero attached hydrogens (tertiary/aromatic N) is 2. The summed E-state index contributed by atoms with van der Waals surface area (Å²) in [6.45, 7) is 0.262. The van der Waals surface area contributed by atoms with E-state index < -0.39 is 11.0 Å².